The first-order valence-corrected chi connectivity index (χ1v) is 7.02. The summed E-state index contributed by atoms with van der Waals surface area (Å²) in [4.78, 5) is 0. The molecule has 1 heterocycles. The molecule has 3 nitrogen and oxygen atoms in total. The lowest BCUT2D eigenvalue weighted by atomic mass is 10.3. The molecule has 2 N–H and O–H groups in total. The quantitative estimate of drug-likeness (QED) is 0.647. The molecule has 0 spiro atoms. The summed E-state index contributed by atoms with van der Waals surface area (Å²) in [5.41, 5.74) is 6.42. The van der Waals surface area contributed by atoms with Crippen LogP contribution in [0.1, 0.15) is 13.3 Å². The summed E-state index contributed by atoms with van der Waals surface area (Å²) in [6.07, 6.45) is 1.54. The Morgan fingerprint density at radius 1 is 1.53 bits per heavy atom. The molecule has 0 amide bonds. The standard InChI is InChI=1S/C13H19NO2S/c1-10-13(5-6-15-10)17-8-7-16-12-4-2-3-11(14)9-12/h2-4,9-10,13H,5-8,14H2,1H3. The SMILES string of the molecule is CC1OCCC1SCCOc1cccc(N)c1. The first-order chi connectivity index (χ1) is 8.25. The maximum absolute atomic E-state index is 5.68. The van der Waals surface area contributed by atoms with Crippen molar-refractivity contribution in [3.63, 3.8) is 0 Å². The molecular formula is C13H19NO2S. The van der Waals surface area contributed by atoms with E-state index in [1.165, 1.54) is 0 Å². The smallest absolute Gasteiger partial charge is 0.121 e. The van der Waals surface area contributed by atoms with E-state index < -0.39 is 0 Å². The van der Waals surface area contributed by atoms with E-state index in [1.807, 2.05) is 36.0 Å². The van der Waals surface area contributed by atoms with Crippen LogP contribution in [0.4, 0.5) is 5.69 Å². The lowest BCUT2D eigenvalue weighted by Crippen LogP contribution is -2.15. The Labute approximate surface area is 107 Å². The van der Waals surface area contributed by atoms with Crippen LogP contribution in [0.2, 0.25) is 0 Å². The van der Waals surface area contributed by atoms with Crippen LogP contribution < -0.4 is 10.5 Å². The largest absolute Gasteiger partial charge is 0.493 e. The van der Waals surface area contributed by atoms with Gasteiger partial charge in [-0.2, -0.15) is 11.8 Å². The molecule has 17 heavy (non-hydrogen) atoms. The highest BCUT2D eigenvalue weighted by Gasteiger charge is 2.23. The molecule has 2 unspecified atom stereocenters. The second-order valence-corrected chi connectivity index (χ2v) is 5.54. The fourth-order valence-electron chi connectivity index (χ4n) is 1.89. The maximum Gasteiger partial charge on any atom is 0.121 e. The third-order valence-electron chi connectivity index (χ3n) is 2.85. The van der Waals surface area contributed by atoms with E-state index in [-0.39, 0.29) is 0 Å². The Hall–Kier alpha value is -0.870. The summed E-state index contributed by atoms with van der Waals surface area (Å²) in [6.45, 7) is 3.76. The highest BCUT2D eigenvalue weighted by Crippen LogP contribution is 2.26. The summed E-state index contributed by atoms with van der Waals surface area (Å²) < 4.78 is 11.2. The molecule has 94 valence electrons. The molecule has 1 aliphatic heterocycles. The van der Waals surface area contributed by atoms with E-state index in [4.69, 9.17) is 15.2 Å². The van der Waals surface area contributed by atoms with Crippen molar-refractivity contribution >= 4 is 17.4 Å². The van der Waals surface area contributed by atoms with Crippen LogP contribution >= 0.6 is 11.8 Å². The zero-order chi connectivity index (χ0) is 12.1. The number of hydrogen-bond donors (Lipinski definition) is 1. The molecule has 1 aromatic rings. The Morgan fingerprint density at radius 2 is 2.41 bits per heavy atom. The highest BCUT2D eigenvalue weighted by atomic mass is 32.2. The third-order valence-corrected chi connectivity index (χ3v) is 4.30. The molecule has 1 aromatic carbocycles. The van der Waals surface area contributed by atoms with Gasteiger partial charge < -0.3 is 15.2 Å². The average molecular weight is 253 g/mol. The first kappa shape index (κ1) is 12.6. The van der Waals surface area contributed by atoms with Crippen molar-refractivity contribution in [3.8, 4) is 5.75 Å². The van der Waals surface area contributed by atoms with Crippen molar-refractivity contribution in [2.24, 2.45) is 0 Å². The normalized spacial score (nSPS) is 23.8. The number of anilines is 1. The fraction of sp³-hybridized carbons (Fsp3) is 0.538. The van der Waals surface area contributed by atoms with Crippen molar-refractivity contribution in [2.45, 2.75) is 24.7 Å². The van der Waals surface area contributed by atoms with Crippen molar-refractivity contribution in [1.82, 2.24) is 0 Å². The summed E-state index contributed by atoms with van der Waals surface area (Å²) in [5, 5.41) is 0.624. The van der Waals surface area contributed by atoms with E-state index in [0.29, 0.717) is 11.4 Å². The van der Waals surface area contributed by atoms with Crippen LogP contribution in [0.5, 0.6) is 5.75 Å². The topological polar surface area (TPSA) is 44.5 Å². The van der Waals surface area contributed by atoms with Gasteiger partial charge in [-0.05, 0) is 25.5 Å². The number of thioether (sulfide) groups is 1. The first-order valence-electron chi connectivity index (χ1n) is 5.97. The summed E-state index contributed by atoms with van der Waals surface area (Å²) in [6, 6.07) is 7.55. The van der Waals surface area contributed by atoms with Crippen LogP contribution in [0.15, 0.2) is 24.3 Å². The van der Waals surface area contributed by atoms with Gasteiger partial charge in [-0.25, -0.2) is 0 Å². The Balaban J connectivity index is 1.66. The zero-order valence-corrected chi connectivity index (χ0v) is 10.9. The second kappa shape index (κ2) is 6.17. The van der Waals surface area contributed by atoms with Gasteiger partial charge in [-0.3, -0.25) is 0 Å². The van der Waals surface area contributed by atoms with Gasteiger partial charge in [0.05, 0.1) is 12.7 Å². The Kier molecular flexibility index (Phi) is 4.57. The molecule has 1 fully saturated rings. The van der Waals surface area contributed by atoms with E-state index in [2.05, 4.69) is 6.92 Å². The van der Waals surface area contributed by atoms with E-state index in [9.17, 15) is 0 Å². The van der Waals surface area contributed by atoms with Gasteiger partial charge in [0, 0.05) is 29.4 Å². The highest BCUT2D eigenvalue weighted by molar-refractivity contribution is 8.00. The molecule has 0 saturated carbocycles. The maximum atomic E-state index is 5.68. The molecule has 0 aromatic heterocycles. The molecule has 0 aliphatic carbocycles. The van der Waals surface area contributed by atoms with E-state index in [1.54, 1.807) is 0 Å². The molecule has 0 radical (unpaired) electrons. The van der Waals surface area contributed by atoms with E-state index >= 15 is 0 Å². The Morgan fingerprint density at radius 3 is 3.12 bits per heavy atom. The predicted octanol–water partition coefficient (Wildman–Crippen LogP) is 2.56. The molecular weight excluding hydrogens is 234 g/mol. The van der Waals surface area contributed by atoms with Crippen LogP contribution in [-0.2, 0) is 4.74 Å². The summed E-state index contributed by atoms with van der Waals surface area (Å²) >= 11 is 1.93. The van der Waals surface area contributed by atoms with Crippen molar-refractivity contribution < 1.29 is 9.47 Å². The number of nitrogens with two attached hydrogens (primary N) is 1. The Bertz CT molecular complexity index is 359. The lowest BCUT2D eigenvalue weighted by molar-refractivity contribution is 0.127. The average Bonchev–Trinajstić information content (AvgIpc) is 2.71. The van der Waals surface area contributed by atoms with Gasteiger partial charge in [0.1, 0.15) is 5.75 Å². The van der Waals surface area contributed by atoms with Crippen LogP contribution in [0, 0.1) is 0 Å². The fourth-order valence-corrected chi connectivity index (χ4v) is 2.99. The van der Waals surface area contributed by atoms with Crippen molar-refractivity contribution in [1.29, 1.82) is 0 Å². The number of rotatable bonds is 5. The van der Waals surface area contributed by atoms with Crippen molar-refractivity contribution in [3.05, 3.63) is 24.3 Å². The van der Waals surface area contributed by atoms with Crippen molar-refractivity contribution in [2.75, 3.05) is 24.7 Å². The lowest BCUT2D eigenvalue weighted by Gasteiger charge is -2.13. The van der Waals surface area contributed by atoms with Gasteiger partial charge in [-0.1, -0.05) is 6.07 Å². The second-order valence-electron chi connectivity index (χ2n) is 4.19. The number of ether oxygens (including phenoxy) is 2. The van der Waals surface area contributed by atoms with Gasteiger partial charge in [0.25, 0.3) is 0 Å². The van der Waals surface area contributed by atoms with Gasteiger partial charge >= 0.3 is 0 Å². The number of nitrogen functional groups attached to an aromatic ring is 1. The monoisotopic (exact) mass is 253 g/mol. The van der Waals surface area contributed by atoms with Crippen LogP contribution in [0.25, 0.3) is 0 Å². The summed E-state index contributed by atoms with van der Waals surface area (Å²) in [5.74, 6) is 1.84. The summed E-state index contributed by atoms with van der Waals surface area (Å²) in [7, 11) is 0. The van der Waals surface area contributed by atoms with Gasteiger partial charge in [-0.15, -0.1) is 0 Å². The van der Waals surface area contributed by atoms with Crippen LogP contribution in [0.3, 0.4) is 0 Å². The zero-order valence-electron chi connectivity index (χ0n) is 10.1. The van der Waals surface area contributed by atoms with E-state index in [0.717, 1.165) is 36.8 Å². The molecule has 2 atom stereocenters. The molecule has 2 rings (SSSR count). The minimum atomic E-state index is 0.382. The minimum Gasteiger partial charge on any atom is -0.493 e. The molecule has 1 saturated heterocycles. The predicted molar refractivity (Wildman–Crippen MR) is 72.6 cm³/mol. The number of hydrogen-bond acceptors (Lipinski definition) is 4. The van der Waals surface area contributed by atoms with Gasteiger partial charge in [0.15, 0.2) is 0 Å². The number of benzene rings is 1. The molecule has 1 aliphatic rings. The van der Waals surface area contributed by atoms with Crippen LogP contribution in [-0.4, -0.2) is 30.3 Å². The molecule has 4 heteroatoms. The van der Waals surface area contributed by atoms with Gasteiger partial charge in [0.2, 0.25) is 0 Å². The third kappa shape index (κ3) is 3.82. The minimum absolute atomic E-state index is 0.382. The molecule has 0 bridgehead atoms.